The largest absolute Gasteiger partial charge is 0.372 e. The monoisotopic (exact) mass is 395 g/mol. The number of nitrogens with zero attached hydrogens (tertiary/aromatic N) is 2. The number of hydrogen-bond donors (Lipinski definition) is 1. The van der Waals surface area contributed by atoms with E-state index < -0.39 is 0 Å². The van der Waals surface area contributed by atoms with Crippen LogP contribution in [0, 0.1) is 17.4 Å². The summed E-state index contributed by atoms with van der Waals surface area (Å²) < 4.78 is 1.09. The minimum Gasteiger partial charge on any atom is -0.372 e. The van der Waals surface area contributed by atoms with E-state index in [1.807, 2.05) is 7.05 Å². The van der Waals surface area contributed by atoms with Gasteiger partial charge in [0.25, 0.3) is 0 Å². The Morgan fingerprint density at radius 3 is 2.10 bits per heavy atom. The van der Waals surface area contributed by atoms with Crippen LogP contribution in [0.25, 0.3) is 11.4 Å². The van der Waals surface area contributed by atoms with E-state index in [0.717, 1.165) is 26.5 Å². The summed E-state index contributed by atoms with van der Waals surface area (Å²) in [5.41, 5.74) is 4.61. The van der Waals surface area contributed by atoms with E-state index in [1.165, 1.54) is 11.1 Å². The van der Waals surface area contributed by atoms with Gasteiger partial charge in [0.1, 0.15) is 5.82 Å². The quantitative estimate of drug-likeness (QED) is 0.749. The maximum Gasteiger partial charge on any atom is 0.162 e. The molecule has 0 unspecified atom stereocenters. The molecule has 0 atom stereocenters. The fourth-order valence-corrected chi connectivity index (χ4v) is 3.71. The van der Waals surface area contributed by atoms with Gasteiger partial charge in [-0.1, -0.05) is 39.0 Å². The molecule has 4 heteroatoms. The van der Waals surface area contributed by atoms with Crippen molar-refractivity contribution in [2.75, 3.05) is 12.4 Å². The summed E-state index contributed by atoms with van der Waals surface area (Å²) in [6.45, 7) is 10.8. The Bertz CT molecular complexity index is 652. The van der Waals surface area contributed by atoms with Gasteiger partial charge >= 0.3 is 0 Å². The molecule has 0 amide bonds. The number of benzene rings is 1. The number of rotatable bonds is 2. The van der Waals surface area contributed by atoms with Gasteiger partial charge in [-0.3, -0.25) is 0 Å². The highest BCUT2D eigenvalue weighted by Gasteiger charge is 2.24. The van der Waals surface area contributed by atoms with E-state index in [4.69, 9.17) is 9.97 Å². The van der Waals surface area contributed by atoms with Crippen LogP contribution in [0.2, 0.25) is 0 Å². The van der Waals surface area contributed by atoms with Gasteiger partial charge in [0.15, 0.2) is 5.82 Å². The summed E-state index contributed by atoms with van der Waals surface area (Å²) in [6, 6.07) is 6.30. The summed E-state index contributed by atoms with van der Waals surface area (Å²) in [5, 5.41) is 3.20. The molecule has 1 aromatic carbocycles. The molecule has 112 valence electrons. The van der Waals surface area contributed by atoms with Gasteiger partial charge in [0, 0.05) is 18.0 Å². The summed E-state index contributed by atoms with van der Waals surface area (Å²) >= 11 is 2.33. The number of aryl methyl sites for hydroxylation is 2. The first-order valence-corrected chi connectivity index (χ1v) is 8.16. The number of aromatic nitrogens is 2. The van der Waals surface area contributed by atoms with Crippen molar-refractivity contribution in [3.05, 3.63) is 38.6 Å². The van der Waals surface area contributed by atoms with Gasteiger partial charge in [0.2, 0.25) is 0 Å². The third-order valence-electron chi connectivity index (χ3n) is 3.50. The van der Waals surface area contributed by atoms with E-state index in [-0.39, 0.29) is 5.41 Å². The van der Waals surface area contributed by atoms with Crippen LogP contribution in [0.5, 0.6) is 0 Å². The molecule has 0 fully saturated rings. The van der Waals surface area contributed by atoms with Crippen molar-refractivity contribution in [2.24, 2.45) is 0 Å². The lowest BCUT2D eigenvalue weighted by atomic mass is 9.91. The Hall–Kier alpha value is -1.17. The number of halogens is 1. The fraction of sp³-hybridized carbons (Fsp3) is 0.412. The zero-order valence-electron chi connectivity index (χ0n) is 13.5. The first-order chi connectivity index (χ1) is 9.75. The van der Waals surface area contributed by atoms with E-state index in [0.29, 0.717) is 0 Å². The van der Waals surface area contributed by atoms with Gasteiger partial charge in [0.05, 0.1) is 9.26 Å². The molecule has 1 aromatic heterocycles. The number of nitrogens with one attached hydrogen (secondary N) is 1. The van der Waals surface area contributed by atoms with Crippen LogP contribution in [0.1, 0.15) is 37.6 Å². The average molecular weight is 395 g/mol. The normalized spacial score (nSPS) is 11.6. The third kappa shape index (κ3) is 3.20. The van der Waals surface area contributed by atoms with Crippen molar-refractivity contribution in [3.8, 4) is 11.4 Å². The Kier molecular flexibility index (Phi) is 4.56. The van der Waals surface area contributed by atoms with Crippen molar-refractivity contribution in [3.63, 3.8) is 0 Å². The minimum atomic E-state index is -0.0175. The predicted octanol–water partition coefficient (Wildman–Crippen LogP) is 4.70. The van der Waals surface area contributed by atoms with Crippen molar-refractivity contribution in [1.29, 1.82) is 0 Å². The van der Waals surface area contributed by atoms with E-state index in [1.54, 1.807) is 0 Å². The molecule has 1 heterocycles. The molecule has 0 bridgehead atoms. The summed E-state index contributed by atoms with van der Waals surface area (Å²) in [6.07, 6.45) is 0. The highest BCUT2D eigenvalue weighted by atomic mass is 127. The smallest absolute Gasteiger partial charge is 0.162 e. The summed E-state index contributed by atoms with van der Waals surface area (Å²) in [7, 11) is 1.91. The van der Waals surface area contributed by atoms with Crippen molar-refractivity contribution in [2.45, 2.75) is 40.0 Å². The standard InChI is InChI=1S/C17H22IN3/c1-10-8-7-9-11(2)12(10)15-20-14(17(3,4)5)13(18)16(19-6)21-15/h7-9H,1-6H3,(H,19,20,21). The maximum absolute atomic E-state index is 4.89. The molecule has 2 rings (SSSR count). The molecule has 0 aliphatic rings. The SMILES string of the molecule is CNc1nc(-c2c(C)cccc2C)nc(C(C)(C)C)c1I. The molecule has 0 saturated heterocycles. The van der Waals surface area contributed by atoms with Crippen LogP contribution in [0.3, 0.4) is 0 Å². The lowest BCUT2D eigenvalue weighted by Crippen LogP contribution is -2.18. The lowest BCUT2D eigenvalue weighted by molar-refractivity contribution is 0.564. The zero-order chi connectivity index (χ0) is 15.8. The van der Waals surface area contributed by atoms with Crippen LogP contribution in [0.4, 0.5) is 5.82 Å². The van der Waals surface area contributed by atoms with Gasteiger partial charge in [-0.05, 0) is 47.6 Å². The van der Waals surface area contributed by atoms with Crippen LogP contribution < -0.4 is 5.32 Å². The molecule has 0 saturated carbocycles. The number of hydrogen-bond acceptors (Lipinski definition) is 3. The number of anilines is 1. The van der Waals surface area contributed by atoms with Gasteiger partial charge in [-0.2, -0.15) is 0 Å². The van der Waals surface area contributed by atoms with Crippen LogP contribution in [-0.4, -0.2) is 17.0 Å². The van der Waals surface area contributed by atoms with E-state index >= 15 is 0 Å². The average Bonchev–Trinajstić information content (AvgIpc) is 2.38. The minimum absolute atomic E-state index is 0.0175. The molecule has 0 spiro atoms. The van der Waals surface area contributed by atoms with E-state index in [9.17, 15) is 0 Å². The van der Waals surface area contributed by atoms with Crippen molar-refractivity contribution >= 4 is 28.4 Å². The molecule has 1 N–H and O–H groups in total. The Balaban J connectivity index is 2.77. The second-order valence-electron chi connectivity index (χ2n) is 6.33. The molecule has 2 aromatic rings. The topological polar surface area (TPSA) is 37.8 Å². The van der Waals surface area contributed by atoms with Crippen molar-refractivity contribution in [1.82, 2.24) is 9.97 Å². The zero-order valence-corrected chi connectivity index (χ0v) is 15.7. The van der Waals surface area contributed by atoms with Gasteiger partial charge in [-0.15, -0.1) is 0 Å². The van der Waals surface area contributed by atoms with Crippen LogP contribution in [-0.2, 0) is 5.41 Å². The third-order valence-corrected chi connectivity index (χ3v) is 4.52. The highest BCUT2D eigenvalue weighted by Crippen LogP contribution is 2.33. The van der Waals surface area contributed by atoms with Crippen LogP contribution >= 0.6 is 22.6 Å². The Morgan fingerprint density at radius 2 is 1.62 bits per heavy atom. The molecular formula is C17H22IN3. The first-order valence-electron chi connectivity index (χ1n) is 7.08. The molecular weight excluding hydrogens is 373 g/mol. The van der Waals surface area contributed by atoms with Crippen molar-refractivity contribution < 1.29 is 0 Å². The predicted molar refractivity (Wildman–Crippen MR) is 97.9 cm³/mol. The maximum atomic E-state index is 4.89. The van der Waals surface area contributed by atoms with Gasteiger partial charge < -0.3 is 5.32 Å². The summed E-state index contributed by atoms with van der Waals surface area (Å²) in [4.78, 5) is 9.61. The second-order valence-corrected chi connectivity index (χ2v) is 7.40. The molecule has 0 aliphatic heterocycles. The fourth-order valence-electron chi connectivity index (χ4n) is 2.39. The summed E-state index contributed by atoms with van der Waals surface area (Å²) in [5.74, 6) is 1.70. The van der Waals surface area contributed by atoms with Crippen LogP contribution in [0.15, 0.2) is 18.2 Å². The molecule has 0 aliphatic carbocycles. The molecule has 3 nitrogen and oxygen atoms in total. The Morgan fingerprint density at radius 1 is 1.05 bits per heavy atom. The second kappa shape index (κ2) is 5.91. The highest BCUT2D eigenvalue weighted by molar-refractivity contribution is 14.1. The Labute approximate surface area is 140 Å². The van der Waals surface area contributed by atoms with E-state index in [2.05, 4.69) is 80.7 Å². The van der Waals surface area contributed by atoms with Gasteiger partial charge in [-0.25, -0.2) is 9.97 Å². The molecule has 21 heavy (non-hydrogen) atoms. The first kappa shape index (κ1) is 16.2. The molecule has 0 radical (unpaired) electrons. The lowest BCUT2D eigenvalue weighted by Gasteiger charge is -2.22.